The standard InChI is InChI=1S/C11H9N5O2/c1-6-2-4-7(5-3-6)10-13-14-11(17-10)8-9(12)16-18-15-8/h2-5H,1H3,(H2,12,16). The minimum absolute atomic E-state index is 0.120. The van der Waals surface area contributed by atoms with Gasteiger partial charge in [-0.3, -0.25) is 0 Å². The van der Waals surface area contributed by atoms with Crippen LogP contribution >= 0.6 is 0 Å². The van der Waals surface area contributed by atoms with E-state index in [4.69, 9.17) is 10.2 Å². The zero-order valence-electron chi connectivity index (χ0n) is 9.49. The lowest BCUT2D eigenvalue weighted by Gasteiger charge is -1.94. The fraction of sp³-hybridized carbons (Fsp3) is 0.0909. The van der Waals surface area contributed by atoms with Crippen LogP contribution in [0.5, 0.6) is 0 Å². The van der Waals surface area contributed by atoms with Crippen molar-refractivity contribution in [1.82, 2.24) is 20.5 Å². The number of rotatable bonds is 2. The summed E-state index contributed by atoms with van der Waals surface area (Å²) in [6.07, 6.45) is 0. The van der Waals surface area contributed by atoms with Crippen molar-refractivity contribution in [3.8, 4) is 23.0 Å². The molecule has 0 saturated heterocycles. The molecule has 0 unspecified atom stereocenters. The maximum Gasteiger partial charge on any atom is 0.274 e. The molecule has 0 amide bonds. The molecule has 0 aliphatic heterocycles. The van der Waals surface area contributed by atoms with Gasteiger partial charge in [0, 0.05) is 5.56 Å². The van der Waals surface area contributed by atoms with Gasteiger partial charge in [0.15, 0.2) is 0 Å². The van der Waals surface area contributed by atoms with Crippen molar-refractivity contribution in [2.45, 2.75) is 6.92 Å². The summed E-state index contributed by atoms with van der Waals surface area (Å²) >= 11 is 0. The van der Waals surface area contributed by atoms with E-state index in [1.54, 1.807) is 0 Å². The lowest BCUT2D eigenvalue weighted by molar-refractivity contribution is 0.309. The molecule has 0 fully saturated rings. The van der Waals surface area contributed by atoms with Crippen LogP contribution in [0, 0.1) is 6.92 Å². The monoisotopic (exact) mass is 243 g/mol. The third-order valence-electron chi connectivity index (χ3n) is 2.44. The molecule has 0 aliphatic rings. The lowest BCUT2D eigenvalue weighted by atomic mass is 10.1. The zero-order chi connectivity index (χ0) is 12.5. The first-order chi connectivity index (χ1) is 8.74. The number of nitrogens with zero attached hydrogens (tertiary/aromatic N) is 4. The van der Waals surface area contributed by atoms with Crippen LogP contribution < -0.4 is 5.73 Å². The minimum atomic E-state index is 0.120. The van der Waals surface area contributed by atoms with E-state index in [0.717, 1.165) is 11.1 Å². The average molecular weight is 243 g/mol. The summed E-state index contributed by atoms with van der Waals surface area (Å²) in [6, 6.07) is 7.73. The average Bonchev–Trinajstić information content (AvgIpc) is 2.98. The summed E-state index contributed by atoms with van der Waals surface area (Å²) in [5.41, 5.74) is 7.78. The molecule has 0 radical (unpaired) electrons. The first-order valence-corrected chi connectivity index (χ1v) is 5.23. The molecule has 7 nitrogen and oxygen atoms in total. The van der Waals surface area contributed by atoms with E-state index in [1.165, 1.54) is 0 Å². The van der Waals surface area contributed by atoms with Gasteiger partial charge >= 0.3 is 0 Å². The molecule has 2 aromatic heterocycles. The van der Waals surface area contributed by atoms with Crippen molar-refractivity contribution in [1.29, 1.82) is 0 Å². The molecule has 2 N–H and O–H groups in total. The quantitative estimate of drug-likeness (QED) is 0.729. The summed E-state index contributed by atoms with van der Waals surface area (Å²) < 4.78 is 9.95. The highest BCUT2D eigenvalue weighted by atomic mass is 16.6. The first kappa shape index (κ1) is 10.5. The van der Waals surface area contributed by atoms with Gasteiger partial charge in [0.25, 0.3) is 5.89 Å². The van der Waals surface area contributed by atoms with Gasteiger partial charge < -0.3 is 10.2 Å². The van der Waals surface area contributed by atoms with Crippen LogP contribution in [0.15, 0.2) is 33.3 Å². The van der Waals surface area contributed by atoms with Gasteiger partial charge in [-0.05, 0) is 29.4 Å². The van der Waals surface area contributed by atoms with Crippen LogP contribution in [0.2, 0.25) is 0 Å². The molecular weight excluding hydrogens is 234 g/mol. The van der Waals surface area contributed by atoms with Crippen LogP contribution in [0.3, 0.4) is 0 Å². The van der Waals surface area contributed by atoms with Crippen molar-refractivity contribution >= 4 is 5.82 Å². The van der Waals surface area contributed by atoms with E-state index in [1.807, 2.05) is 31.2 Å². The summed E-state index contributed by atoms with van der Waals surface area (Å²) in [5, 5.41) is 14.8. The molecule has 90 valence electrons. The van der Waals surface area contributed by atoms with E-state index in [0.29, 0.717) is 5.89 Å². The molecule has 3 aromatic rings. The second kappa shape index (κ2) is 3.95. The maximum atomic E-state index is 5.55. The highest BCUT2D eigenvalue weighted by Crippen LogP contribution is 2.25. The smallest absolute Gasteiger partial charge is 0.274 e. The molecule has 0 bridgehead atoms. The summed E-state index contributed by atoms with van der Waals surface area (Å²) in [6.45, 7) is 2.00. The Balaban J connectivity index is 1.99. The Kier molecular flexibility index (Phi) is 2.30. The number of hydrogen-bond acceptors (Lipinski definition) is 7. The predicted molar refractivity (Wildman–Crippen MR) is 62.2 cm³/mol. The first-order valence-electron chi connectivity index (χ1n) is 5.23. The number of aromatic nitrogens is 4. The Bertz CT molecular complexity index is 671. The number of benzene rings is 1. The van der Waals surface area contributed by atoms with E-state index in [-0.39, 0.29) is 17.4 Å². The zero-order valence-corrected chi connectivity index (χ0v) is 9.49. The SMILES string of the molecule is Cc1ccc(-c2nnc(-c3nonc3N)o2)cc1. The number of nitrogens with two attached hydrogens (primary N) is 1. The second-order valence-corrected chi connectivity index (χ2v) is 3.78. The molecule has 0 atom stereocenters. The van der Waals surface area contributed by atoms with Crippen molar-refractivity contribution < 1.29 is 9.05 Å². The van der Waals surface area contributed by atoms with Crippen LogP contribution in [-0.4, -0.2) is 20.5 Å². The van der Waals surface area contributed by atoms with Crippen LogP contribution in [0.25, 0.3) is 23.0 Å². The number of nitrogen functional groups attached to an aromatic ring is 1. The molecule has 0 spiro atoms. The third kappa shape index (κ3) is 1.71. The molecule has 1 aromatic carbocycles. The summed E-state index contributed by atoms with van der Waals surface area (Å²) in [5.74, 6) is 0.700. The largest absolute Gasteiger partial charge is 0.414 e. The maximum absolute atomic E-state index is 5.55. The van der Waals surface area contributed by atoms with Crippen molar-refractivity contribution in [2.24, 2.45) is 0 Å². The molecular formula is C11H9N5O2. The van der Waals surface area contributed by atoms with Crippen molar-refractivity contribution in [2.75, 3.05) is 5.73 Å². The second-order valence-electron chi connectivity index (χ2n) is 3.78. The molecule has 18 heavy (non-hydrogen) atoms. The highest BCUT2D eigenvalue weighted by Gasteiger charge is 2.17. The summed E-state index contributed by atoms with van der Waals surface area (Å²) in [7, 11) is 0. The fourth-order valence-electron chi connectivity index (χ4n) is 1.48. The van der Waals surface area contributed by atoms with E-state index in [9.17, 15) is 0 Å². The Morgan fingerprint density at radius 1 is 1.00 bits per heavy atom. The highest BCUT2D eigenvalue weighted by molar-refractivity contribution is 5.62. The van der Waals surface area contributed by atoms with E-state index >= 15 is 0 Å². The number of anilines is 1. The van der Waals surface area contributed by atoms with Gasteiger partial charge in [0.1, 0.15) is 0 Å². The van der Waals surface area contributed by atoms with Gasteiger partial charge in [-0.2, -0.15) is 0 Å². The predicted octanol–water partition coefficient (Wildman–Crippen LogP) is 1.68. The Morgan fingerprint density at radius 3 is 2.39 bits per heavy atom. The van der Waals surface area contributed by atoms with Crippen molar-refractivity contribution in [3.63, 3.8) is 0 Å². The molecule has 7 heteroatoms. The normalized spacial score (nSPS) is 10.7. The molecule has 2 heterocycles. The molecule has 0 saturated carbocycles. The van der Waals surface area contributed by atoms with Crippen LogP contribution in [0.4, 0.5) is 5.82 Å². The third-order valence-corrected chi connectivity index (χ3v) is 2.44. The summed E-state index contributed by atoms with van der Waals surface area (Å²) in [4.78, 5) is 0. The van der Waals surface area contributed by atoms with Gasteiger partial charge in [-0.25, -0.2) is 4.63 Å². The van der Waals surface area contributed by atoms with Gasteiger partial charge in [-0.1, -0.05) is 17.7 Å². The van der Waals surface area contributed by atoms with Gasteiger partial charge in [-0.15, -0.1) is 10.2 Å². The van der Waals surface area contributed by atoms with Gasteiger partial charge in [0.2, 0.25) is 17.4 Å². The topological polar surface area (TPSA) is 104 Å². The van der Waals surface area contributed by atoms with Crippen LogP contribution in [-0.2, 0) is 0 Å². The molecule has 3 rings (SSSR count). The van der Waals surface area contributed by atoms with E-state index in [2.05, 4.69) is 25.1 Å². The molecule has 0 aliphatic carbocycles. The Labute approximate surface area is 102 Å². The van der Waals surface area contributed by atoms with E-state index < -0.39 is 0 Å². The fourth-order valence-corrected chi connectivity index (χ4v) is 1.48. The minimum Gasteiger partial charge on any atom is -0.414 e. The Hall–Kier alpha value is -2.70. The number of aryl methyl sites for hydroxylation is 1. The van der Waals surface area contributed by atoms with Gasteiger partial charge in [0.05, 0.1) is 0 Å². The Morgan fingerprint density at radius 2 is 1.72 bits per heavy atom. The van der Waals surface area contributed by atoms with Crippen molar-refractivity contribution in [3.05, 3.63) is 29.8 Å². The van der Waals surface area contributed by atoms with Crippen LogP contribution in [0.1, 0.15) is 5.56 Å². The number of hydrogen-bond donors (Lipinski definition) is 1. The lowest BCUT2D eigenvalue weighted by Crippen LogP contribution is -1.88.